The van der Waals surface area contributed by atoms with Crippen LogP contribution in [0.3, 0.4) is 0 Å². The minimum atomic E-state index is -0.707. The third kappa shape index (κ3) is 4.37. The van der Waals surface area contributed by atoms with Gasteiger partial charge in [-0.3, -0.25) is 9.59 Å². The molecule has 8 heteroatoms. The van der Waals surface area contributed by atoms with Gasteiger partial charge in [-0.25, -0.2) is 4.79 Å². The fourth-order valence-corrected chi connectivity index (χ4v) is 4.75. The monoisotopic (exact) mass is 449 g/mol. The molecule has 3 atom stereocenters. The molecule has 8 nitrogen and oxygen atoms in total. The van der Waals surface area contributed by atoms with Crippen molar-refractivity contribution in [1.82, 2.24) is 14.7 Å². The zero-order chi connectivity index (χ0) is 23.7. The Morgan fingerprint density at radius 3 is 2.42 bits per heavy atom. The summed E-state index contributed by atoms with van der Waals surface area (Å²) >= 11 is 0. The van der Waals surface area contributed by atoms with Gasteiger partial charge in [0.25, 0.3) is 0 Å². The van der Waals surface area contributed by atoms with Gasteiger partial charge in [0.2, 0.25) is 11.8 Å². The number of carbonyl (C=O) groups is 3. The van der Waals surface area contributed by atoms with Crippen molar-refractivity contribution >= 4 is 29.2 Å². The van der Waals surface area contributed by atoms with Crippen LogP contribution in [0.25, 0.3) is 0 Å². The van der Waals surface area contributed by atoms with Gasteiger partial charge in [0.05, 0.1) is 6.04 Å². The highest BCUT2D eigenvalue weighted by Crippen LogP contribution is 2.30. The summed E-state index contributed by atoms with van der Waals surface area (Å²) in [4.78, 5) is 46.8. The Balaban J connectivity index is 1.56. The van der Waals surface area contributed by atoms with E-state index < -0.39 is 12.1 Å². The molecule has 2 heterocycles. The van der Waals surface area contributed by atoms with E-state index in [-0.39, 0.29) is 23.9 Å². The number of nitrogens with zero attached hydrogens (tertiary/aromatic N) is 4. The number of fused-ring (bicyclic) bond motifs is 1. The Hall–Kier alpha value is -3.55. The van der Waals surface area contributed by atoms with Crippen LogP contribution in [0.15, 0.2) is 54.6 Å². The summed E-state index contributed by atoms with van der Waals surface area (Å²) in [5.74, 6) is -0.295. The highest BCUT2D eigenvalue weighted by molar-refractivity contribution is 5.98. The molecule has 0 aliphatic carbocycles. The number of carbonyl (C=O) groups excluding carboxylic acids is 3. The second kappa shape index (κ2) is 9.13. The highest BCUT2D eigenvalue weighted by Gasteiger charge is 2.51. The van der Waals surface area contributed by atoms with Crippen molar-refractivity contribution in [3.05, 3.63) is 60.2 Å². The third-order valence-electron chi connectivity index (χ3n) is 6.71. The summed E-state index contributed by atoms with van der Waals surface area (Å²) in [5.41, 5.74) is 2.62. The van der Waals surface area contributed by atoms with E-state index in [1.54, 1.807) is 23.9 Å². The Morgan fingerprint density at radius 1 is 1.00 bits per heavy atom. The molecule has 1 N–H and O–H groups in total. The van der Waals surface area contributed by atoms with E-state index in [0.29, 0.717) is 25.1 Å². The van der Waals surface area contributed by atoms with Crippen LogP contribution in [-0.4, -0.2) is 85.4 Å². The summed E-state index contributed by atoms with van der Waals surface area (Å²) in [6, 6.07) is 15.3. The van der Waals surface area contributed by atoms with E-state index in [1.807, 2.05) is 73.6 Å². The number of likely N-dealkylation sites (N-methyl/N-ethyl adjacent to an activating group) is 2. The number of urea groups is 1. The van der Waals surface area contributed by atoms with Crippen LogP contribution in [0, 0.1) is 0 Å². The van der Waals surface area contributed by atoms with Crippen LogP contribution in [0.5, 0.6) is 0 Å². The van der Waals surface area contributed by atoms with Gasteiger partial charge >= 0.3 is 6.03 Å². The first kappa shape index (κ1) is 22.6. The summed E-state index contributed by atoms with van der Waals surface area (Å²) in [6.07, 6.45) is 1.00. The average molecular weight is 450 g/mol. The number of hydrogen-bond donors (Lipinski definition) is 1. The van der Waals surface area contributed by atoms with Crippen LogP contribution < -0.4 is 10.2 Å². The van der Waals surface area contributed by atoms with Crippen molar-refractivity contribution in [2.45, 2.75) is 31.0 Å². The first-order valence-corrected chi connectivity index (χ1v) is 11.2. The summed E-state index contributed by atoms with van der Waals surface area (Å²) < 4.78 is 0. The second-order valence-corrected chi connectivity index (χ2v) is 8.97. The molecule has 0 aromatic heterocycles. The lowest BCUT2D eigenvalue weighted by atomic mass is 10.0. The molecule has 2 aromatic carbocycles. The molecule has 4 amide bonds. The first-order valence-electron chi connectivity index (χ1n) is 11.2. The van der Waals surface area contributed by atoms with E-state index in [4.69, 9.17) is 0 Å². The van der Waals surface area contributed by atoms with Gasteiger partial charge in [-0.1, -0.05) is 36.4 Å². The molecule has 2 fully saturated rings. The van der Waals surface area contributed by atoms with Crippen LogP contribution >= 0.6 is 0 Å². The summed E-state index contributed by atoms with van der Waals surface area (Å²) in [6.45, 7) is 0.412. The molecule has 2 aliphatic rings. The van der Waals surface area contributed by atoms with Gasteiger partial charge in [0.1, 0.15) is 12.1 Å². The van der Waals surface area contributed by atoms with Crippen LogP contribution in [0.4, 0.5) is 16.2 Å². The number of hydrogen-bond acceptors (Lipinski definition) is 4. The second-order valence-electron chi connectivity index (χ2n) is 8.97. The van der Waals surface area contributed by atoms with Crippen molar-refractivity contribution in [1.29, 1.82) is 0 Å². The number of nitrogens with one attached hydrogen (secondary N) is 1. The van der Waals surface area contributed by atoms with Crippen LogP contribution in [-0.2, 0) is 16.0 Å². The van der Waals surface area contributed by atoms with Crippen molar-refractivity contribution in [2.75, 3.05) is 45.0 Å². The minimum absolute atomic E-state index is 0.0943. The summed E-state index contributed by atoms with van der Waals surface area (Å²) in [5, 5.41) is 2.93. The van der Waals surface area contributed by atoms with Crippen molar-refractivity contribution in [2.24, 2.45) is 0 Å². The Labute approximate surface area is 194 Å². The van der Waals surface area contributed by atoms with E-state index in [9.17, 15) is 14.4 Å². The van der Waals surface area contributed by atoms with Crippen LogP contribution in [0.2, 0.25) is 0 Å². The molecule has 0 radical (unpaired) electrons. The van der Waals surface area contributed by atoms with Gasteiger partial charge < -0.3 is 24.9 Å². The molecular formula is C25H31N5O3. The number of amides is 4. The fourth-order valence-electron chi connectivity index (χ4n) is 4.75. The zero-order valence-electron chi connectivity index (χ0n) is 19.6. The Morgan fingerprint density at radius 2 is 1.73 bits per heavy atom. The topological polar surface area (TPSA) is 76.2 Å². The molecule has 2 aromatic rings. The first-order chi connectivity index (χ1) is 15.8. The highest BCUT2D eigenvalue weighted by atomic mass is 16.2. The lowest BCUT2D eigenvalue weighted by molar-refractivity contribution is -0.140. The van der Waals surface area contributed by atoms with E-state index in [0.717, 1.165) is 11.3 Å². The lowest BCUT2D eigenvalue weighted by Crippen LogP contribution is -2.53. The van der Waals surface area contributed by atoms with Crippen molar-refractivity contribution in [3.63, 3.8) is 0 Å². The molecule has 0 bridgehead atoms. The maximum Gasteiger partial charge on any atom is 0.322 e. The Kier molecular flexibility index (Phi) is 6.26. The molecule has 33 heavy (non-hydrogen) atoms. The number of rotatable bonds is 4. The maximum atomic E-state index is 13.5. The van der Waals surface area contributed by atoms with Gasteiger partial charge in [-0.05, 0) is 30.2 Å². The fraction of sp³-hybridized carbons (Fsp3) is 0.400. The third-order valence-corrected chi connectivity index (χ3v) is 6.71. The van der Waals surface area contributed by atoms with Gasteiger partial charge in [-0.15, -0.1) is 0 Å². The van der Waals surface area contributed by atoms with Gasteiger partial charge in [-0.2, -0.15) is 0 Å². The molecule has 2 aliphatic heterocycles. The SMILES string of the molecule is CN(C)c1cccc(NC(=O)N2CC[C@@H]3[C@H]2C(=O)N(C)[C@@H](Cc2ccccc2)C(=O)N3C)c1. The maximum absolute atomic E-state index is 13.5. The van der Waals surface area contributed by atoms with Crippen LogP contribution in [0.1, 0.15) is 12.0 Å². The molecule has 0 unspecified atom stereocenters. The van der Waals surface area contributed by atoms with Gasteiger partial charge in [0.15, 0.2) is 0 Å². The van der Waals surface area contributed by atoms with Crippen molar-refractivity contribution in [3.8, 4) is 0 Å². The van der Waals surface area contributed by atoms with Gasteiger partial charge in [0, 0.05) is 52.5 Å². The molecule has 2 saturated heterocycles. The standard InChI is InChI=1S/C25H31N5O3/c1-27(2)19-12-8-11-18(16-19)26-25(33)30-14-13-20-22(30)24(32)29(4)21(23(31)28(20)3)15-17-9-6-5-7-10-17/h5-12,16,20-22H,13-15H2,1-4H3,(H,26,33)/t20-,21+,22+/m1/s1. The number of benzene rings is 2. The summed E-state index contributed by atoms with van der Waals surface area (Å²) in [7, 11) is 7.28. The quantitative estimate of drug-likeness (QED) is 0.777. The predicted octanol–water partition coefficient (Wildman–Crippen LogP) is 2.27. The number of anilines is 2. The zero-order valence-corrected chi connectivity index (χ0v) is 19.6. The molecule has 0 saturated carbocycles. The van der Waals surface area contributed by atoms with E-state index in [2.05, 4.69) is 5.32 Å². The van der Waals surface area contributed by atoms with Crippen molar-refractivity contribution < 1.29 is 14.4 Å². The predicted molar refractivity (Wildman–Crippen MR) is 128 cm³/mol. The lowest BCUT2D eigenvalue weighted by Gasteiger charge is -2.30. The average Bonchev–Trinajstić information content (AvgIpc) is 3.24. The smallest absolute Gasteiger partial charge is 0.322 e. The number of likely N-dealkylation sites (tertiary alicyclic amines) is 1. The Bertz CT molecular complexity index is 1040. The molecule has 0 spiro atoms. The normalized spacial score (nSPS) is 22.8. The van der Waals surface area contributed by atoms with E-state index >= 15 is 0 Å². The molecule has 174 valence electrons. The molecule has 4 rings (SSSR count). The molecular weight excluding hydrogens is 418 g/mol. The largest absolute Gasteiger partial charge is 0.378 e. The van der Waals surface area contributed by atoms with E-state index in [1.165, 1.54) is 4.90 Å². The minimum Gasteiger partial charge on any atom is -0.378 e.